The first kappa shape index (κ1) is 13.3. The standard InChI is InChI=1S/C12H19N3O2S/c1-3-13-12-8-11(6-7-14-12)18(16,17)15(2)9-10-4-5-10/h6-8,10H,3-5,9H2,1-2H3,(H,13,14). The van der Waals surface area contributed by atoms with E-state index in [0.717, 1.165) is 12.8 Å². The average molecular weight is 269 g/mol. The molecule has 1 heterocycles. The highest BCUT2D eigenvalue weighted by atomic mass is 32.2. The van der Waals surface area contributed by atoms with Crippen molar-refractivity contribution in [2.45, 2.75) is 24.7 Å². The molecule has 0 aliphatic heterocycles. The average Bonchev–Trinajstić information content (AvgIpc) is 3.14. The monoisotopic (exact) mass is 269 g/mol. The Morgan fingerprint density at radius 3 is 2.83 bits per heavy atom. The van der Waals surface area contributed by atoms with E-state index in [2.05, 4.69) is 10.3 Å². The van der Waals surface area contributed by atoms with E-state index >= 15 is 0 Å². The minimum atomic E-state index is -3.38. The molecule has 0 amide bonds. The van der Waals surface area contributed by atoms with Gasteiger partial charge in [-0.1, -0.05) is 0 Å². The molecule has 5 nitrogen and oxygen atoms in total. The molecule has 0 radical (unpaired) electrons. The van der Waals surface area contributed by atoms with E-state index < -0.39 is 10.0 Å². The SMILES string of the molecule is CCNc1cc(S(=O)(=O)N(C)CC2CC2)ccn1. The molecule has 6 heteroatoms. The molecule has 0 spiro atoms. The Morgan fingerprint density at radius 2 is 2.22 bits per heavy atom. The lowest BCUT2D eigenvalue weighted by atomic mass is 10.4. The zero-order valence-corrected chi connectivity index (χ0v) is 11.6. The van der Waals surface area contributed by atoms with E-state index in [1.165, 1.54) is 10.5 Å². The summed E-state index contributed by atoms with van der Waals surface area (Å²) in [4.78, 5) is 4.38. The molecule has 0 unspecified atom stereocenters. The summed E-state index contributed by atoms with van der Waals surface area (Å²) in [5, 5.41) is 3.02. The molecule has 1 aromatic heterocycles. The van der Waals surface area contributed by atoms with Crippen molar-refractivity contribution in [2.24, 2.45) is 5.92 Å². The zero-order chi connectivity index (χ0) is 13.2. The number of rotatable bonds is 6. The first-order chi connectivity index (χ1) is 8.54. The molecular weight excluding hydrogens is 250 g/mol. The topological polar surface area (TPSA) is 62.3 Å². The van der Waals surface area contributed by atoms with Crippen LogP contribution < -0.4 is 5.32 Å². The fourth-order valence-electron chi connectivity index (χ4n) is 1.79. The molecule has 0 atom stereocenters. The van der Waals surface area contributed by atoms with Crippen molar-refractivity contribution in [3.05, 3.63) is 18.3 Å². The second-order valence-corrected chi connectivity index (χ2v) is 6.68. The van der Waals surface area contributed by atoms with Crippen LogP contribution in [0.2, 0.25) is 0 Å². The van der Waals surface area contributed by atoms with E-state index in [4.69, 9.17) is 0 Å². The Kier molecular flexibility index (Phi) is 3.87. The van der Waals surface area contributed by atoms with Crippen LogP contribution in [-0.2, 0) is 10.0 Å². The summed E-state index contributed by atoms with van der Waals surface area (Å²) in [7, 11) is -1.74. The first-order valence-electron chi connectivity index (χ1n) is 6.20. The van der Waals surface area contributed by atoms with Crippen molar-refractivity contribution in [1.82, 2.24) is 9.29 Å². The highest BCUT2D eigenvalue weighted by Gasteiger charge is 2.29. The van der Waals surface area contributed by atoms with Gasteiger partial charge in [-0.15, -0.1) is 0 Å². The number of anilines is 1. The van der Waals surface area contributed by atoms with Crippen molar-refractivity contribution >= 4 is 15.8 Å². The van der Waals surface area contributed by atoms with E-state index in [9.17, 15) is 8.42 Å². The van der Waals surface area contributed by atoms with Gasteiger partial charge >= 0.3 is 0 Å². The fourth-order valence-corrected chi connectivity index (χ4v) is 3.05. The number of hydrogen-bond donors (Lipinski definition) is 1. The number of aromatic nitrogens is 1. The molecule has 0 aromatic carbocycles. The van der Waals surface area contributed by atoms with Gasteiger partial charge in [0.1, 0.15) is 5.82 Å². The van der Waals surface area contributed by atoms with Crippen LogP contribution in [0.25, 0.3) is 0 Å². The molecule has 1 aromatic rings. The molecule has 2 rings (SSSR count). The molecule has 1 fully saturated rings. The lowest BCUT2D eigenvalue weighted by molar-refractivity contribution is 0.453. The smallest absolute Gasteiger partial charge is 0.243 e. The van der Waals surface area contributed by atoms with Crippen molar-refractivity contribution in [1.29, 1.82) is 0 Å². The van der Waals surface area contributed by atoms with Crippen LogP contribution >= 0.6 is 0 Å². The van der Waals surface area contributed by atoms with Gasteiger partial charge in [0, 0.05) is 32.4 Å². The highest BCUT2D eigenvalue weighted by Crippen LogP contribution is 2.31. The molecule has 1 N–H and O–H groups in total. The summed E-state index contributed by atoms with van der Waals surface area (Å²) in [6, 6.07) is 3.13. The highest BCUT2D eigenvalue weighted by molar-refractivity contribution is 7.89. The van der Waals surface area contributed by atoms with Crippen LogP contribution in [0, 0.1) is 5.92 Å². The first-order valence-corrected chi connectivity index (χ1v) is 7.64. The third-order valence-corrected chi connectivity index (χ3v) is 4.83. The quantitative estimate of drug-likeness (QED) is 0.851. The van der Waals surface area contributed by atoms with Gasteiger partial charge in [-0.25, -0.2) is 17.7 Å². The van der Waals surface area contributed by atoms with E-state index in [-0.39, 0.29) is 0 Å². The van der Waals surface area contributed by atoms with Crippen LogP contribution in [0.5, 0.6) is 0 Å². The molecule has 0 bridgehead atoms. The Bertz CT molecular complexity index is 512. The minimum Gasteiger partial charge on any atom is -0.370 e. The van der Waals surface area contributed by atoms with Gasteiger partial charge in [0.15, 0.2) is 0 Å². The van der Waals surface area contributed by atoms with Gasteiger partial charge in [-0.3, -0.25) is 0 Å². The number of hydrogen-bond acceptors (Lipinski definition) is 4. The summed E-state index contributed by atoms with van der Waals surface area (Å²) in [6.45, 7) is 3.28. The molecule has 0 saturated heterocycles. The predicted molar refractivity (Wildman–Crippen MR) is 70.9 cm³/mol. The summed E-state index contributed by atoms with van der Waals surface area (Å²) in [5.41, 5.74) is 0. The second-order valence-electron chi connectivity index (χ2n) is 4.64. The Balaban J connectivity index is 2.19. The van der Waals surface area contributed by atoms with Gasteiger partial charge in [0.2, 0.25) is 10.0 Å². The zero-order valence-electron chi connectivity index (χ0n) is 10.8. The third kappa shape index (κ3) is 3.00. The maximum absolute atomic E-state index is 12.3. The lowest BCUT2D eigenvalue weighted by Crippen LogP contribution is -2.29. The molecule has 18 heavy (non-hydrogen) atoms. The second kappa shape index (κ2) is 5.24. The van der Waals surface area contributed by atoms with Gasteiger partial charge in [0.05, 0.1) is 4.90 Å². The van der Waals surface area contributed by atoms with Crippen LogP contribution in [0.3, 0.4) is 0 Å². The van der Waals surface area contributed by atoms with Crippen molar-refractivity contribution in [3.8, 4) is 0 Å². The summed E-state index contributed by atoms with van der Waals surface area (Å²) >= 11 is 0. The molecule has 1 aliphatic rings. The van der Waals surface area contributed by atoms with Crippen molar-refractivity contribution in [3.63, 3.8) is 0 Å². The van der Waals surface area contributed by atoms with E-state index in [1.807, 2.05) is 6.92 Å². The van der Waals surface area contributed by atoms with Crippen LogP contribution in [0.4, 0.5) is 5.82 Å². The summed E-state index contributed by atoms with van der Waals surface area (Å²) in [5.74, 6) is 1.14. The van der Waals surface area contributed by atoms with Gasteiger partial charge in [0.25, 0.3) is 0 Å². The van der Waals surface area contributed by atoms with Gasteiger partial charge in [-0.2, -0.15) is 0 Å². The Labute approximate surface area is 108 Å². The summed E-state index contributed by atoms with van der Waals surface area (Å²) in [6.07, 6.45) is 3.80. The Morgan fingerprint density at radius 1 is 1.50 bits per heavy atom. The van der Waals surface area contributed by atoms with Crippen LogP contribution in [0.1, 0.15) is 19.8 Å². The number of nitrogens with zero attached hydrogens (tertiary/aromatic N) is 2. The third-order valence-electron chi connectivity index (χ3n) is 3.01. The molecule has 100 valence electrons. The van der Waals surface area contributed by atoms with Gasteiger partial charge in [-0.05, 0) is 31.7 Å². The van der Waals surface area contributed by atoms with Crippen molar-refractivity contribution in [2.75, 3.05) is 25.5 Å². The molecular formula is C12H19N3O2S. The number of sulfonamides is 1. The largest absolute Gasteiger partial charge is 0.370 e. The Hall–Kier alpha value is -1.14. The van der Waals surface area contributed by atoms with Gasteiger partial charge < -0.3 is 5.32 Å². The normalized spacial score (nSPS) is 15.9. The number of pyridine rings is 1. The lowest BCUT2D eigenvalue weighted by Gasteiger charge is -2.17. The molecule has 1 saturated carbocycles. The predicted octanol–water partition coefficient (Wildman–Crippen LogP) is 1.54. The fraction of sp³-hybridized carbons (Fsp3) is 0.583. The maximum Gasteiger partial charge on any atom is 0.243 e. The van der Waals surface area contributed by atoms with E-state index in [1.54, 1.807) is 19.2 Å². The molecule has 1 aliphatic carbocycles. The van der Waals surface area contributed by atoms with Crippen molar-refractivity contribution < 1.29 is 8.42 Å². The van der Waals surface area contributed by atoms with Crippen LogP contribution in [0.15, 0.2) is 23.2 Å². The maximum atomic E-state index is 12.3. The summed E-state index contributed by atoms with van der Waals surface area (Å²) < 4.78 is 26.1. The van der Waals surface area contributed by atoms with Crippen LogP contribution in [-0.4, -0.2) is 37.8 Å². The number of nitrogens with one attached hydrogen (secondary N) is 1. The minimum absolute atomic E-state index is 0.302. The van der Waals surface area contributed by atoms with E-state index in [0.29, 0.717) is 29.7 Å².